The van der Waals surface area contributed by atoms with Gasteiger partial charge in [0.15, 0.2) is 5.75 Å². The van der Waals surface area contributed by atoms with E-state index >= 15 is 0 Å². The summed E-state index contributed by atoms with van der Waals surface area (Å²) in [4.78, 5) is 21.4. The number of nitrogens with two attached hydrogens (primary N) is 1. The molecule has 1 aromatic carbocycles. The number of aryl methyl sites for hydroxylation is 1. The highest BCUT2D eigenvalue weighted by Gasteiger charge is 2.17. The van der Waals surface area contributed by atoms with Crippen molar-refractivity contribution in [3.8, 4) is 5.75 Å². The number of nitrogens with one attached hydrogen (secondary N) is 1. The first kappa shape index (κ1) is 14.9. The summed E-state index contributed by atoms with van der Waals surface area (Å²) in [5.41, 5.74) is 2.73. The zero-order valence-corrected chi connectivity index (χ0v) is 10.9. The summed E-state index contributed by atoms with van der Waals surface area (Å²) in [6, 6.07) is 4.75. The van der Waals surface area contributed by atoms with Crippen molar-refractivity contribution in [2.45, 2.75) is 32.8 Å². The molecule has 0 saturated heterocycles. The Morgan fingerprint density at radius 3 is 2.84 bits per heavy atom. The number of rotatable bonds is 6. The molecule has 0 aliphatic heterocycles. The first-order valence-corrected chi connectivity index (χ1v) is 5.85. The van der Waals surface area contributed by atoms with Crippen LogP contribution in [0.25, 0.3) is 0 Å². The molecule has 104 valence electrons. The number of hydrogen-bond donors (Lipinski definition) is 2. The topological polar surface area (TPSA) is 107 Å². The van der Waals surface area contributed by atoms with Gasteiger partial charge in [-0.25, -0.2) is 5.84 Å². The maximum atomic E-state index is 11.0. The third kappa shape index (κ3) is 4.55. The van der Waals surface area contributed by atoms with Crippen LogP contribution in [0.4, 0.5) is 5.69 Å². The Kier molecular flexibility index (Phi) is 5.25. The van der Waals surface area contributed by atoms with Gasteiger partial charge in [-0.1, -0.05) is 6.07 Å². The lowest BCUT2D eigenvalue weighted by molar-refractivity contribution is -0.386. The fourth-order valence-corrected chi connectivity index (χ4v) is 1.55. The number of hydrogen-bond acceptors (Lipinski definition) is 5. The van der Waals surface area contributed by atoms with Gasteiger partial charge in [-0.3, -0.25) is 20.3 Å². The molecule has 0 fully saturated rings. The Morgan fingerprint density at radius 2 is 2.26 bits per heavy atom. The third-order valence-electron chi connectivity index (χ3n) is 2.58. The highest BCUT2D eigenvalue weighted by atomic mass is 16.6. The average molecular weight is 267 g/mol. The number of carbonyl (C=O) groups is 1. The number of benzene rings is 1. The lowest BCUT2D eigenvalue weighted by Gasteiger charge is -2.14. The summed E-state index contributed by atoms with van der Waals surface area (Å²) in [7, 11) is 0. The molecule has 1 amide bonds. The summed E-state index contributed by atoms with van der Waals surface area (Å²) < 4.78 is 5.49. The maximum Gasteiger partial charge on any atom is 0.311 e. The van der Waals surface area contributed by atoms with Gasteiger partial charge in [0.25, 0.3) is 0 Å². The van der Waals surface area contributed by atoms with E-state index in [9.17, 15) is 14.9 Å². The standard InChI is InChI=1S/C12H17N3O4/c1-8-3-5-11(10(7-8)15(17)18)19-9(2)4-6-12(16)14-13/h3,5,7,9H,4,6,13H2,1-2H3,(H,14,16). The van der Waals surface area contributed by atoms with Crippen molar-refractivity contribution in [1.29, 1.82) is 0 Å². The lowest BCUT2D eigenvalue weighted by Crippen LogP contribution is -2.30. The lowest BCUT2D eigenvalue weighted by atomic mass is 10.2. The molecular weight excluding hydrogens is 250 g/mol. The second-order valence-corrected chi connectivity index (χ2v) is 4.26. The Hall–Kier alpha value is -2.15. The van der Waals surface area contributed by atoms with Crippen LogP contribution < -0.4 is 16.0 Å². The van der Waals surface area contributed by atoms with E-state index < -0.39 is 4.92 Å². The van der Waals surface area contributed by atoms with Crippen LogP contribution in [0.1, 0.15) is 25.3 Å². The summed E-state index contributed by atoms with van der Waals surface area (Å²) in [5, 5.41) is 10.9. The van der Waals surface area contributed by atoms with E-state index in [1.165, 1.54) is 6.07 Å². The van der Waals surface area contributed by atoms with Gasteiger partial charge in [-0.2, -0.15) is 0 Å². The number of nitro benzene ring substituents is 1. The molecule has 1 atom stereocenters. The Labute approximate surface area is 110 Å². The highest BCUT2D eigenvalue weighted by molar-refractivity contribution is 5.75. The normalized spacial score (nSPS) is 11.7. The molecule has 3 N–H and O–H groups in total. The van der Waals surface area contributed by atoms with Crippen LogP contribution >= 0.6 is 0 Å². The van der Waals surface area contributed by atoms with Gasteiger partial charge >= 0.3 is 5.69 Å². The first-order valence-electron chi connectivity index (χ1n) is 5.85. The van der Waals surface area contributed by atoms with Crippen molar-refractivity contribution >= 4 is 11.6 Å². The monoisotopic (exact) mass is 267 g/mol. The molecule has 0 spiro atoms. The number of nitro groups is 1. The molecule has 19 heavy (non-hydrogen) atoms. The minimum Gasteiger partial charge on any atom is -0.484 e. The molecular formula is C12H17N3O4. The van der Waals surface area contributed by atoms with E-state index in [1.807, 2.05) is 5.43 Å². The number of carbonyl (C=O) groups excluding carboxylic acids is 1. The zero-order valence-electron chi connectivity index (χ0n) is 10.9. The predicted octanol–water partition coefficient (Wildman–Crippen LogP) is 1.44. The number of amides is 1. The van der Waals surface area contributed by atoms with Crippen molar-refractivity contribution in [2.24, 2.45) is 5.84 Å². The Balaban J connectivity index is 2.71. The summed E-state index contributed by atoms with van der Waals surface area (Å²) >= 11 is 0. The van der Waals surface area contributed by atoms with Crippen LogP contribution in [-0.4, -0.2) is 16.9 Å². The summed E-state index contributed by atoms with van der Waals surface area (Å²) in [6.07, 6.45) is 0.310. The van der Waals surface area contributed by atoms with Crippen LogP contribution in [0, 0.1) is 17.0 Å². The maximum absolute atomic E-state index is 11.0. The van der Waals surface area contributed by atoms with Gasteiger partial charge in [-0.05, 0) is 31.9 Å². The minimum absolute atomic E-state index is 0.0740. The number of nitrogens with zero attached hydrogens (tertiary/aromatic N) is 1. The molecule has 0 aliphatic carbocycles. The number of hydrazine groups is 1. The second kappa shape index (κ2) is 6.69. The van der Waals surface area contributed by atoms with Crippen LogP contribution in [0.15, 0.2) is 18.2 Å². The van der Waals surface area contributed by atoms with Gasteiger partial charge in [-0.15, -0.1) is 0 Å². The van der Waals surface area contributed by atoms with Gasteiger partial charge < -0.3 is 4.74 Å². The Morgan fingerprint density at radius 1 is 1.58 bits per heavy atom. The fraction of sp³-hybridized carbons (Fsp3) is 0.417. The molecule has 7 nitrogen and oxygen atoms in total. The van der Waals surface area contributed by atoms with Gasteiger partial charge in [0.1, 0.15) is 0 Å². The molecule has 0 radical (unpaired) electrons. The predicted molar refractivity (Wildman–Crippen MR) is 69.5 cm³/mol. The smallest absolute Gasteiger partial charge is 0.311 e. The van der Waals surface area contributed by atoms with Crippen LogP contribution in [0.5, 0.6) is 5.75 Å². The first-order chi connectivity index (χ1) is 8.93. The molecule has 0 aliphatic rings. The largest absolute Gasteiger partial charge is 0.484 e. The van der Waals surface area contributed by atoms with Crippen LogP contribution in [0.3, 0.4) is 0 Å². The van der Waals surface area contributed by atoms with E-state index in [0.717, 1.165) is 5.56 Å². The molecule has 7 heteroatoms. The van der Waals surface area contributed by atoms with E-state index in [1.54, 1.807) is 26.0 Å². The van der Waals surface area contributed by atoms with E-state index in [0.29, 0.717) is 6.42 Å². The molecule has 1 aromatic rings. The van der Waals surface area contributed by atoms with E-state index in [4.69, 9.17) is 10.6 Å². The van der Waals surface area contributed by atoms with Crippen LogP contribution in [0.2, 0.25) is 0 Å². The van der Waals surface area contributed by atoms with Crippen LogP contribution in [-0.2, 0) is 4.79 Å². The van der Waals surface area contributed by atoms with Gasteiger partial charge in [0.05, 0.1) is 11.0 Å². The molecule has 1 rings (SSSR count). The van der Waals surface area contributed by atoms with Gasteiger partial charge in [0.2, 0.25) is 5.91 Å². The SMILES string of the molecule is Cc1ccc(OC(C)CCC(=O)NN)c([N+](=O)[O-])c1. The minimum atomic E-state index is -0.484. The Bertz CT molecular complexity index is 476. The quantitative estimate of drug-likeness (QED) is 0.351. The molecule has 0 saturated carbocycles. The zero-order chi connectivity index (χ0) is 14.4. The molecule has 1 unspecified atom stereocenters. The van der Waals surface area contributed by atoms with Crippen molar-refractivity contribution in [1.82, 2.24) is 5.43 Å². The molecule has 0 bridgehead atoms. The van der Waals surface area contributed by atoms with Crippen molar-refractivity contribution < 1.29 is 14.5 Å². The average Bonchev–Trinajstić information content (AvgIpc) is 2.37. The third-order valence-corrected chi connectivity index (χ3v) is 2.58. The molecule has 0 heterocycles. The summed E-state index contributed by atoms with van der Waals surface area (Å²) in [5.74, 6) is 4.87. The number of ether oxygens (including phenoxy) is 1. The highest BCUT2D eigenvalue weighted by Crippen LogP contribution is 2.29. The summed E-state index contributed by atoms with van der Waals surface area (Å²) in [6.45, 7) is 3.51. The van der Waals surface area contributed by atoms with Gasteiger partial charge in [0, 0.05) is 12.5 Å². The van der Waals surface area contributed by atoms with E-state index in [-0.39, 0.29) is 29.9 Å². The fourth-order valence-electron chi connectivity index (χ4n) is 1.55. The van der Waals surface area contributed by atoms with Crippen molar-refractivity contribution in [3.63, 3.8) is 0 Å². The van der Waals surface area contributed by atoms with Crippen molar-refractivity contribution in [2.75, 3.05) is 0 Å². The molecule has 0 aromatic heterocycles. The second-order valence-electron chi connectivity index (χ2n) is 4.26. The van der Waals surface area contributed by atoms with E-state index in [2.05, 4.69) is 0 Å². The van der Waals surface area contributed by atoms with Crippen molar-refractivity contribution in [3.05, 3.63) is 33.9 Å².